The number of carbonyl (C=O) groups is 1. The highest BCUT2D eigenvalue weighted by molar-refractivity contribution is 5.95. The third kappa shape index (κ3) is 4.08. The zero-order valence-electron chi connectivity index (χ0n) is 16.2. The van der Waals surface area contributed by atoms with Crippen LogP contribution < -0.4 is 0 Å². The first kappa shape index (κ1) is 18.2. The van der Waals surface area contributed by atoms with Gasteiger partial charge in [-0.3, -0.25) is 14.8 Å². The maximum absolute atomic E-state index is 13.2. The fourth-order valence-electron chi connectivity index (χ4n) is 4.64. The first-order valence-corrected chi connectivity index (χ1v) is 10.3. The van der Waals surface area contributed by atoms with Crippen molar-refractivity contribution in [1.29, 1.82) is 0 Å². The second-order valence-corrected chi connectivity index (χ2v) is 8.11. The Balaban J connectivity index is 1.39. The van der Waals surface area contributed by atoms with Crippen molar-refractivity contribution in [3.05, 3.63) is 53.3 Å². The third-order valence-electron chi connectivity index (χ3n) is 6.28. The van der Waals surface area contributed by atoms with Gasteiger partial charge < -0.3 is 4.90 Å². The molecule has 0 unspecified atom stereocenters. The number of nitrogens with one attached hydrogen (secondary N) is 1. The van der Waals surface area contributed by atoms with Gasteiger partial charge in [0, 0.05) is 38.6 Å². The molecular formula is C22H30N4O. The van der Waals surface area contributed by atoms with Gasteiger partial charge in [0.25, 0.3) is 5.91 Å². The van der Waals surface area contributed by atoms with Crippen LogP contribution in [0.1, 0.15) is 66.1 Å². The van der Waals surface area contributed by atoms with Gasteiger partial charge in [-0.1, -0.05) is 49.6 Å². The van der Waals surface area contributed by atoms with Crippen LogP contribution in [0.15, 0.2) is 36.5 Å². The molecular weight excluding hydrogens is 336 g/mol. The maximum Gasteiger partial charge on any atom is 0.257 e. The normalized spacial score (nSPS) is 21.4. The molecule has 144 valence electrons. The number of hydrogen-bond acceptors (Lipinski definition) is 3. The van der Waals surface area contributed by atoms with Crippen molar-refractivity contribution in [3.63, 3.8) is 0 Å². The molecule has 5 heteroatoms. The number of aromatic nitrogens is 2. The van der Waals surface area contributed by atoms with Crippen molar-refractivity contribution in [1.82, 2.24) is 20.0 Å². The largest absolute Gasteiger partial charge is 0.337 e. The molecule has 1 amide bonds. The van der Waals surface area contributed by atoms with E-state index >= 15 is 0 Å². The number of aromatic amines is 1. The number of H-pyrrole nitrogens is 1. The molecule has 0 bridgehead atoms. The summed E-state index contributed by atoms with van der Waals surface area (Å²) in [6.07, 6.45) is 8.92. The van der Waals surface area contributed by atoms with Crippen LogP contribution in [-0.2, 0) is 6.54 Å². The van der Waals surface area contributed by atoms with Crippen molar-refractivity contribution in [2.75, 3.05) is 20.1 Å². The van der Waals surface area contributed by atoms with Crippen LogP contribution in [0.25, 0.3) is 0 Å². The molecule has 5 nitrogen and oxygen atoms in total. The molecule has 2 aromatic rings. The van der Waals surface area contributed by atoms with Gasteiger partial charge in [-0.05, 0) is 24.8 Å². The van der Waals surface area contributed by atoms with Gasteiger partial charge in [0.2, 0.25) is 0 Å². The number of carbonyl (C=O) groups excluding carboxylic acids is 1. The topological polar surface area (TPSA) is 52.2 Å². The minimum atomic E-state index is 0.121. The first-order valence-electron chi connectivity index (χ1n) is 10.3. The van der Waals surface area contributed by atoms with Crippen LogP contribution in [0.3, 0.4) is 0 Å². The molecule has 0 spiro atoms. The quantitative estimate of drug-likeness (QED) is 0.876. The number of rotatable bonds is 5. The highest BCUT2D eigenvalue weighted by atomic mass is 16.2. The summed E-state index contributed by atoms with van der Waals surface area (Å²) in [4.78, 5) is 17.6. The monoisotopic (exact) mass is 366 g/mol. The highest BCUT2D eigenvalue weighted by Gasteiger charge is 2.31. The summed E-state index contributed by atoms with van der Waals surface area (Å²) >= 11 is 0. The van der Waals surface area contributed by atoms with Crippen molar-refractivity contribution < 1.29 is 4.79 Å². The Bertz CT molecular complexity index is 751. The van der Waals surface area contributed by atoms with E-state index in [0.717, 1.165) is 37.3 Å². The number of amides is 1. The second kappa shape index (κ2) is 8.26. The molecule has 1 atom stereocenters. The van der Waals surface area contributed by atoms with E-state index in [-0.39, 0.29) is 11.9 Å². The lowest BCUT2D eigenvalue weighted by molar-refractivity contribution is 0.0733. The van der Waals surface area contributed by atoms with E-state index in [0.29, 0.717) is 5.92 Å². The highest BCUT2D eigenvalue weighted by Crippen LogP contribution is 2.33. The molecule has 27 heavy (non-hydrogen) atoms. The summed E-state index contributed by atoms with van der Waals surface area (Å²) in [5.74, 6) is 0.586. The summed E-state index contributed by atoms with van der Waals surface area (Å²) < 4.78 is 0. The Morgan fingerprint density at radius 1 is 1.19 bits per heavy atom. The Hall–Kier alpha value is -2.14. The number of hydrogen-bond donors (Lipinski definition) is 1. The van der Waals surface area contributed by atoms with Crippen molar-refractivity contribution >= 4 is 5.91 Å². The van der Waals surface area contributed by atoms with Gasteiger partial charge in [-0.15, -0.1) is 0 Å². The zero-order chi connectivity index (χ0) is 18.6. The Labute approximate surface area is 161 Å². The molecule has 4 rings (SSSR count). The summed E-state index contributed by atoms with van der Waals surface area (Å²) in [5.41, 5.74) is 3.18. The molecule has 0 radical (unpaired) electrons. The smallest absolute Gasteiger partial charge is 0.257 e. The Kier molecular flexibility index (Phi) is 5.58. The van der Waals surface area contributed by atoms with Crippen molar-refractivity contribution in [2.24, 2.45) is 0 Å². The van der Waals surface area contributed by atoms with E-state index in [1.54, 1.807) is 6.20 Å². The molecule has 1 aromatic heterocycles. The summed E-state index contributed by atoms with van der Waals surface area (Å²) in [6.45, 7) is 2.93. The number of likely N-dealkylation sites (N-methyl/N-ethyl adjacent to an activating group) is 1. The summed E-state index contributed by atoms with van der Waals surface area (Å²) in [5, 5.41) is 7.35. The average molecular weight is 367 g/mol. The van der Waals surface area contributed by atoms with Gasteiger partial charge >= 0.3 is 0 Å². The van der Waals surface area contributed by atoms with Crippen LogP contribution in [0.2, 0.25) is 0 Å². The summed E-state index contributed by atoms with van der Waals surface area (Å²) in [7, 11) is 1.96. The standard InChI is InChI=1S/C22H30N4O/c1-25(19-12-13-26(16-19)15-17-8-4-2-5-9-17)22(27)20-14-23-24-21(20)18-10-6-3-7-11-18/h2,4-5,8-9,14,18-19H,3,6-7,10-13,15-16H2,1H3,(H,23,24)/t19-/m0/s1. The van der Waals surface area contributed by atoms with E-state index in [9.17, 15) is 4.79 Å². The lowest BCUT2D eigenvalue weighted by atomic mass is 9.85. The van der Waals surface area contributed by atoms with Gasteiger partial charge in [-0.2, -0.15) is 5.10 Å². The average Bonchev–Trinajstić information content (AvgIpc) is 3.38. The van der Waals surface area contributed by atoms with Gasteiger partial charge in [0.1, 0.15) is 0 Å². The molecule has 2 heterocycles. The molecule has 1 saturated heterocycles. The molecule has 2 fully saturated rings. The van der Waals surface area contributed by atoms with Crippen LogP contribution in [0, 0.1) is 0 Å². The Morgan fingerprint density at radius 2 is 1.96 bits per heavy atom. The number of likely N-dealkylation sites (tertiary alicyclic amines) is 1. The lowest BCUT2D eigenvalue weighted by Gasteiger charge is -2.26. The molecule has 1 N–H and O–H groups in total. The molecule has 2 aliphatic rings. The van der Waals surface area contributed by atoms with Gasteiger partial charge in [-0.25, -0.2) is 0 Å². The van der Waals surface area contributed by atoms with Crippen LogP contribution in [0.5, 0.6) is 0 Å². The predicted molar refractivity (Wildman–Crippen MR) is 107 cm³/mol. The summed E-state index contributed by atoms with van der Waals surface area (Å²) in [6, 6.07) is 10.8. The maximum atomic E-state index is 13.2. The van der Waals surface area contributed by atoms with Gasteiger partial charge in [0.05, 0.1) is 17.5 Å². The minimum absolute atomic E-state index is 0.121. The molecule has 1 aromatic carbocycles. The fourth-order valence-corrected chi connectivity index (χ4v) is 4.64. The fraction of sp³-hybridized carbons (Fsp3) is 0.545. The van der Waals surface area contributed by atoms with Crippen molar-refractivity contribution in [2.45, 2.75) is 57.0 Å². The second-order valence-electron chi connectivity index (χ2n) is 8.11. The number of nitrogens with zero attached hydrogens (tertiary/aromatic N) is 3. The lowest BCUT2D eigenvalue weighted by Crippen LogP contribution is -2.39. The van der Waals surface area contributed by atoms with E-state index in [1.165, 1.54) is 37.7 Å². The SMILES string of the molecule is CN(C(=O)c1cn[nH]c1C1CCCCC1)[C@H]1CCN(Cc2ccccc2)C1. The van der Waals surface area contributed by atoms with Crippen LogP contribution in [0.4, 0.5) is 0 Å². The van der Waals surface area contributed by atoms with Crippen molar-refractivity contribution in [3.8, 4) is 0 Å². The molecule has 1 aliphatic heterocycles. The Morgan fingerprint density at radius 3 is 2.74 bits per heavy atom. The van der Waals surface area contributed by atoms with Gasteiger partial charge in [0.15, 0.2) is 0 Å². The van der Waals surface area contributed by atoms with Crippen LogP contribution in [-0.4, -0.2) is 52.1 Å². The predicted octanol–water partition coefficient (Wildman–Crippen LogP) is 3.80. The first-order chi connectivity index (χ1) is 13.2. The molecule has 1 saturated carbocycles. The third-order valence-corrected chi connectivity index (χ3v) is 6.28. The van der Waals surface area contributed by atoms with Crippen LogP contribution >= 0.6 is 0 Å². The zero-order valence-corrected chi connectivity index (χ0v) is 16.2. The van der Waals surface area contributed by atoms with E-state index < -0.39 is 0 Å². The minimum Gasteiger partial charge on any atom is -0.337 e. The van der Waals surface area contributed by atoms with E-state index in [4.69, 9.17) is 0 Å². The number of benzene rings is 1. The molecule has 1 aliphatic carbocycles. The van der Waals surface area contributed by atoms with E-state index in [1.807, 2.05) is 11.9 Å². The van der Waals surface area contributed by atoms with E-state index in [2.05, 4.69) is 45.4 Å².